The van der Waals surface area contributed by atoms with E-state index in [-0.39, 0.29) is 0 Å². The summed E-state index contributed by atoms with van der Waals surface area (Å²) in [6.07, 6.45) is 0. The second kappa shape index (κ2) is 4.34. The van der Waals surface area contributed by atoms with Crippen molar-refractivity contribution in [1.82, 2.24) is 4.90 Å². The molecule has 1 aromatic carbocycles. The zero-order valence-electron chi connectivity index (χ0n) is 8.55. The lowest BCUT2D eigenvalue weighted by atomic mass is 10.1. The molecule has 0 saturated heterocycles. The third-order valence-corrected chi connectivity index (χ3v) is 2.41. The number of benzene rings is 1. The molecule has 2 heteroatoms. The molecule has 0 N–H and O–H groups in total. The topological polar surface area (TPSA) is 3.24 Å². The van der Waals surface area contributed by atoms with Crippen LogP contribution < -0.4 is 0 Å². The predicted octanol–water partition coefficient (Wildman–Crippen LogP) is 3.78. The van der Waals surface area contributed by atoms with Gasteiger partial charge in [0, 0.05) is 23.5 Å². The van der Waals surface area contributed by atoms with Crippen LogP contribution in [0.5, 0.6) is 0 Å². The minimum Gasteiger partial charge on any atom is -0.349 e. The van der Waals surface area contributed by atoms with Gasteiger partial charge in [0.2, 0.25) is 0 Å². The minimum absolute atomic E-state index is 0.736. The summed E-state index contributed by atoms with van der Waals surface area (Å²) in [6.45, 7) is 9.80. The van der Waals surface area contributed by atoms with Gasteiger partial charge in [0.15, 0.2) is 0 Å². The van der Waals surface area contributed by atoms with Gasteiger partial charge >= 0.3 is 0 Å². The van der Waals surface area contributed by atoms with Crippen molar-refractivity contribution in [3.05, 3.63) is 53.7 Å². The van der Waals surface area contributed by atoms with Crippen LogP contribution in [-0.4, -0.2) is 11.9 Å². The second-order valence-corrected chi connectivity index (χ2v) is 3.68. The van der Waals surface area contributed by atoms with Gasteiger partial charge in [-0.15, -0.1) is 0 Å². The van der Waals surface area contributed by atoms with Crippen LogP contribution in [0.1, 0.15) is 12.5 Å². The first-order valence-corrected chi connectivity index (χ1v) is 4.74. The summed E-state index contributed by atoms with van der Waals surface area (Å²) in [5.74, 6) is 0. The van der Waals surface area contributed by atoms with Crippen molar-refractivity contribution in [2.45, 2.75) is 6.92 Å². The Morgan fingerprint density at radius 2 is 1.71 bits per heavy atom. The lowest BCUT2D eigenvalue weighted by Crippen LogP contribution is -2.12. The first-order valence-electron chi connectivity index (χ1n) is 4.36. The molecular formula is C12H14ClN. The molecule has 0 heterocycles. The Labute approximate surface area is 90.3 Å². The Bertz CT molecular complexity index is 351. The van der Waals surface area contributed by atoms with Crippen LogP contribution in [0.15, 0.2) is 43.1 Å². The van der Waals surface area contributed by atoms with E-state index in [1.165, 1.54) is 0 Å². The molecule has 0 radical (unpaired) electrons. The Hall–Kier alpha value is -1.21. The van der Waals surface area contributed by atoms with E-state index in [9.17, 15) is 0 Å². The predicted molar refractivity (Wildman–Crippen MR) is 63.1 cm³/mol. The van der Waals surface area contributed by atoms with Gasteiger partial charge in [-0.2, -0.15) is 0 Å². The van der Waals surface area contributed by atoms with E-state index in [1.54, 1.807) is 0 Å². The van der Waals surface area contributed by atoms with E-state index in [2.05, 4.69) is 13.2 Å². The fourth-order valence-corrected chi connectivity index (χ4v) is 1.19. The molecule has 0 amide bonds. The smallest absolute Gasteiger partial charge is 0.0406 e. The summed E-state index contributed by atoms with van der Waals surface area (Å²) < 4.78 is 0. The van der Waals surface area contributed by atoms with Crippen LogP contribution in [0.25, 0.3) is 5.70 Å². The largest absolute Gasteiger partial charge is 0.349 e. The highest BCUT2D eigenvalue weighted by Crippen LogP contribution is 2.20. The van der Waals surface area contributed by atoms with Crippen LogP contribution in [-0.2, 0) is 0 Å². The van der Waals surface area contributed by atoms with E-state index in [0.717, 1.165) is 22.0 Å². The summed E-state index contributed by atoms with van der Waals surface area (Å²) in [5, 5.41) is 0.736. The first-order chi connectivity index (χ1) is 6.52. The highest BCUT2D eigenvalue weighted by molar-refractivity contribution is 6.30. The van der Waals surface area contributed by atoms with Gasteiger partial charge in [-0.3, -0.25) is 0 Å². The average Bonchev–Trinajstić information content (AvgIpc) is 2.16. The molecule has 14 heavy (non-hydrogen) atoms. The van der Waals surface area contributed by atoms with Crippen LogP contribution in [0.4, 0.5) is 0 Å². The Morgan fingerprint density at radius 1 is 1.21 bits per heavy atom. The summed E-state index contributed by atoms with van der Waals surface area (Å²) in [4.78, 5) is 1.95. The number of hydrogen-bond acceptors (Lipinski definition) is 1. The van der Waals surface area contributed by atoms with E-state index in [4.69, 9.17) is 11.6 Å². The van der Waals surface area contributed by atoms with Gasteiger partial charge in [-0.05, 0) is 24.6 Å². The summed E-state index contributed by atoms with van der Waals surface area (Å²) in [5.41, 5.74) is 2.94. The molecule has 0 spiro atoms. The van der Waals surface area contributed by atoms with Crippen molar-refractivity contribution in [2.75, 3.05) is 7.05 Å². The molecule has 0 unspecified atom stereocenters. The molecule has 0 aliphatic rings. The van der Waals surface area contributed by atoms with Crippen molar-refractivity contribution in [3.8, 4) is 0 Å². The van der Waals surface area contributed by atoms with E-state index in [0.29, 0.717) is 0 Å². The highest BCUT2D eigenvalue weighted by Gasteiger charge is 2.04. The van der Waals surface area contributed by atoms with Crippen molar-refractivity contribution in [1.29, 1.82) is 0 Å². The molecule has 0 bridgehead atoms. The van der Waals surface area contributed by atoms with Crippen molar-refractivity contribution < 1.29 is 0 Å². The maximum absolute atomic E-state index is 5.80. The monoisotopic (exact) mass is 207 g/mol. The quantitative estimate of drug-likeness (QED) is 0.729. The van der Waals surface area contributed by atoms with Gasteiger partial charge in [0.1, 0.15) is 0 Å². The van der Waals surface area contributed by atoms with Gasteiger partial charge < -0.3 is 4.90 Å². The van der Waals surface area contributed by atoms with Gasteiger partial charge in [0.05, 0.1) is 0 Å². The van der Waals surface area contributed by atoms with Crippen LogP contribution in [0, 0.1) is 0 Å². The number of hydrogen-bond donors (Lipinski definition) is 0. The fourth-order valence-electron chi connectivity index (χ4n) is 1.07. The fraction of sp³-hybridized carbons (Fsp3) is 0.167. The summed E-state index contributed by atoms with van der Waals surface area (Å²) in [6, 6.07) is 7.61. The second-order valence-electron chi connectivity index (χ2n) is 3.25. The van der Waals surface area contributed by atoms with E-state index >= 15 is 0 Å². The maximum atomic E-state index is 5.80. The average molecular weight is 208 g/mol. The molecule has 0 aliphatic heterocycles. The molecule has 1 aromatic rings. The van der Waals surface area contributed by atoms with Crippen molar-refractivity contribution in [2.24, 2.45) is 0 Å². The summed E-state index contributed by atoms with van der Waals surface area (Å²) >= 11 is 5.80. The Balaban J connectivity index is 2.90. The van der Waals surface area contributed by atoms with E-state index < -0.39 is 0 Å². The minimum atomic E-state index is 0.736. The number of rotatable bonds is 3. The summed E-state index contributed by atoms with van der Waals surface area (Å²) in [7, 11) is 1.94. The van der Waals surface area contributed by atoms with E-state index in [1.807, 2.05) is 43.1 Å². The van der Waals surface area contributed by atoms with Crippen molar-refractivity contribution >= 4 is 17.3 Å². The van der Waals surface area contributed by atoms with Gasteiger partial charge in [-0.25, -0.2) is 0 Å². The van der Waals surface area contributed by atoms with Gasteiger partial charge in [-0.1, -0.05) is 36.9 Å². The highest BCUT2D eigenvalue weighted by atomic mass is 35.5. The molecule has 0 aliphatic carbocycles. The van der Waals surface area contributed by atoms with Crippen molar-refractivity contribution in [3.63, 3.8) is 0 Å². The van der Waals surface area contributed by atoms with Gasteiger partial charge in [0.25, 0.3) is 0 Å². The number of halogens is 1. The molecular weight excluding hydrogens is 194 g/mol. The zero-order chi connectivity index (χ0) is 10.7. The van der Waals surface area contributed by atoms with Crippen LogP contribution in [0.3, 0.4) is 0 Å². The molecule has 0 atom stereocenters. The SMILES string of the molecule is C=C(C)N(C)C(=C)c1ccc(Cl)cc1. The maximum Gasteiger partial charge on any atom is 0.0406 e. The molecule has 0 aromatic heterocycles. The Morgan fingerprint density at radius 3 is 2.14 bits per heavy atom. The first kappa shape index (κ1) is 10.9. The normalized spacial score (nSPS) is 9.64. The lowest BCUT2D eigenvalue weighted by Gasteiger charge is -2.21. The Kier molecular flexibility index (Phi) is 3.37. The third kappa shape index (κ3) is 2.39. The number of nitrogens with zero attached hydrogens (tertiary/aromatic N) is 1. The standard InChI is InChI=1S/C12H14ClN/c1-9(2)14(4)10(3)11-5-7-12(13)8-6-11/h5-8H,1,3H2,2,4H3. The zero-order valence-corrected chi connectivity index (χ0v) is 9.30. The molecule has 0 fully saturated rings. The molecule has 0 saturated carbocycles. The third-order valence-electron chi connectivity index (χ3n) is 2.15. The molecule has 74 valence electrons. The molecule has 1 rings (SSSR count). The lowest BCUT2D eigenvalue weighted by molar-refractivity contribution is 0.602. The van der Waals surface area contributed by atoms with Crippen LogP contribution in [0.2, 0.25) is 5.02 Å². The van der Waals surface area contributed by atoms with Crippen LogP contribution >= 0.6 is 11.6 Å². The number of allylic oxidation sites excluding steroid dienone is 1. The molecule has 1 nitrogen and oxygen atoms in total.